The third kappa shape index (κ3) is 4.78. The molecule has 0 unspecified atom stereocenters. The molecule has 1 aliphatic heterocycles. The van der Waals surface area contributed by atoms with Crippen LogP contribution in [0, 0.1) is 0 Å². The Morgan fingerprint density at radius 3 is 2.54 bits per heavy atom. The van der Waals surface area contributed by atoms with E-state index in [-0.39, 0.29) is 24.1 Å². The largest absolute Gasteiger partial charge is 0.448 e. The monoisotopic (exact) mass is 497 g/mol. The van der Waals surface area contributed by atoms with Gasteiger partial charge in [-0.3, -0.25) is 14.7 Å². The van der Waals surface area contributed by atoms with E-state index in [1.807, 2.05) is 25.2 Å². The molecule has 0 atom stereocenters. The number of benzene rings is 1. The topological polar surface area (TPSA) is 117 Å². The lowest BCUT2D eigenvalue weighted by Crippen LogP contribution is -2.49. The lowest BCUT2D eigenvalue weighted by atomic mass is 10.2. The van der Waals surface area contributed by atoms with Crippen LogP contribution in [0.1, 0.15) is 0 Å². The number of hydrogen-bond acceptors (Lipinski definition) is 9. The van der Waals surface area contributed by atoms with Gasteiger partial charge in [-0.2, -0.15) is 4.72 Å². The van der Waals surface area contributed by atoms with Crippen molar-refractivity contribution in [3.63, 3.8) is 0 Å². The van der Waals surface area contributed by atoms with Crippen molar-refractivity contribution in [3.8, 4) is 5.69 Å². The third-order valence-corrected chi connectivity index (χ3v) is 7.40. The van der Waals surface area contributed by atoms with Gasteiger partial charge in [-0.25, -0.2) is 18.0 Å². The van der Waals surface area contributed by atoms with Crippen LogP contribution in [0.2, 0.25) is 0 Å². The summed E-state index contributed by atoms with van der Waals surface area (Å²) in [7, 11) is -0.0592. The Balaban J connectivity index is 1.50. The van der Waals surface area contributed by atoms with Gasteiger partial charge < -0.3 is 14.2 Å². The lowest BCUT2D eigenvalue weighted by Gasteiger charge is -2.32. The molecule has 1 aliphatic rings. The average molecular weight is 498 g/mol. The molecule has 11 nitrogen and oxygen atoms in total. The van der Waals surface area contributed by atoms with Crippen LogP contribution in [0.15, 0.2) is 58.0 Å². The maximum absolute atomic E-state index is 13.6. The van der Waals surface area contributed by atoms with Gasteiger partial charge in [0.15, 0.2) is 0 Å². The van der Waals surface area contributed by atoms with E-state index < -0.39 is 15.6 Å². The highest BCUT2D eigenvalue weighted by molar-refractivity contribution is 7.89. The standard InChI is InChI=1S/C23H27N7O4S/c1-27-11-13-29(14-12-27)15-25-35(32,33)16-28(2)23-26-20-18-5-3-4-6-19(18)34-21(20)22(31)30(23)17-7-9-24-10-8-17/h3-10,25H,11-16H2,1-2H3. The first-order valence-electron chi connectivity index (χ1n) is 11.3. The summed E-state index contributed by atoms with van der Waals surface area (Å²) in [4.78, 5) is 28.0. The van der Waals surface area contributed by atoms with E-state index in [1.54, 1.807) is 37.6 Å². The summed E-state index contributed by atoms with van der Waals surface area (Å²) in [5, 5.41) is 0.687. The van der Waals surface area contributed by atoms with Crippen molar-refractivity contribution in [1.82, 2.24) is 29.1 Å². The van der Waals surface area contributed by atoms with Crippen LogP contribution in [-0.2, 0) is 10.0 Å². The summed E-state index contributed by atoms with van der Waals surface area (Å²) in [6.45, 7) is 3.61. The number of piperazine rings is 1. The third-order valence-electron chi connectivity index (χ3n) is 6.11. The Labute approximate surface area is 202 Å². The minimum atomic E-state index is -3.71. The Bertz CT molecular complexity index is 1510. The van der Waals surface area contributed by atoms with Crippen molar-refractivity contribution in [3.05, 3.63) is 59.1 Å². The van der Waals surface area contributed by atoms with E-state index in [0.717, 1.165) is 26.2 Å². The van der Waals surface area contributed by atoms with Gasteiger partial charge in [-0.15, -0.1) is 0 Å². The Morgan fingerprint density at radius 1 is 1.09 bits per heavy atom. The zero-order valence-electron chi connectivity index (χ0n) is 19.6. The van der Waals surface area contributed by atoms with Crippen molar-refractivity contribution >= 4 is 38.0 Å². The number of para-hydroxylation sites is 1. The highest BCUT2D eigenvalue weighted by Crippen LogP contribution is 2.27. The number of hydrogen-bond donors (Lipinski definition) is 1. The summed E-state index contributed by atoms with van der Waals surface area (Å²) >= 11 is 0. The fourth-order valence-corrected chi connectivity index (χ4v) is 5.26. The molecule has 1 N–H and O–H groups in total. The first-order chi connectivity index (χ1) is 16.8. The SMILES string of the molecule is CN1CCN(CNS(=O)(=O)CN(C)c2nc3c(oc4ccccc43)c(=O)n2-c2ccncc2)CC1. The number of nitrogens with zero attached hydrogens (tertiary/aromatic N) is 6. The molecule has 0 spiro atoms. The van der Waals surface area contributed by atoms with Gasteiger partial charge in [-0.1, -0.05) is 12.1 Å². The number of pyridine rings is 1. The number of nitrogens with one attached hydrogen (secondary N) is 1. The van der Waals surface area contributed by atoms with Gasteiger partial charge in [0.25, 0.3) is 0 Å². The Kier molecular flexibility index (Phi) is 6.28. The molecule has 4 heterocycles. The minimum Gasteiger partial charge on any atom is -0.448 e. The highest BCUT2D eigenvalue weighted by Gasteiger charge is 2.24. The number of likely N-dealkylation sites (N-methyl/N-ethyl adjacent to an activating group) is 1. The van der Waals surface area contributed by atoms with Crippen LogP contribution in [0.4, 0.5) is 5.95 Å². The van der Waals surface area contributed by atoms with E-state index in [2.05, 4.69) is 19.5 Å². The number of sulfonamides is 1. The summed E-state index contributed by atoms with van der Waals surface area (Å²) in [6.07, 6.45) is 3.12. The minimum absolute atomic E-state index is 0.108. The molecular weight excluding hydrogens is 470 g/mol. The molecule has 0 bridgehead atoms. The maximum atomic E-state index is 13.6. The van der Waals surface area contributed by atoms with Crippen LogP contribution in [0.5, 0.6) is 0 Å². The van der Waals surface area contributed by atoms with Crippen molar-refractivity contribution in [2.24, 2.45) is 0 Å². The first-order valence-corrected chi connectivity index (χ1v) is 12.9. The van der Waals surface area contributed by atoms with Crippen LogP contribution >= 0.6 is 0 Å². The second kappa shape index (κ2) is 9.38. The number of fused-ring (bicyclic) bond motifs is 3. The van der Waals surface area contributed by atoms with Gasteiger partial charge in [0.1, 0.15) is 17.0 Å². The lowest BCUT2D eigenvalue weighted by molar-refractivity contribution is 0.152. The number of furan rings is 1. The van der Waals surface area contributed by atoms with Crippen molar-refractivity contribution in [2.75, 3.05) is 57.7 Å². The van der Waals surface area contributed by atoms with Gasteiger partial charge in [0, 0.05) is 51.0 Å². The molecule has 35 heavy (non-hydrogen) atoms. The maximum Gasteiger partial charge on any atom is 0.303 e. The molecule has 1 aromatic carbocycles. The average Bonchev–Trinajstić information content (AvgIpc) is 3.23. The molecule has 0 aliphatic carbocycles. The number of aromatic nitrogens is 3. The number of rotatable bonds is 7. The van der Waals surface area contributed by atoms with Gasteiger partial charge in [-0.05, 0) is 31.3 Å². The Morgan fingerprint density at radius 2 is 1.80 bits per heavy atom. The molecule has 1 fully saturated rings. The summed E-state index contributed by atoms with van der Waals surface area (Å²) in [6, 6.07) is 10.6. The van der Waals surface area contributed by atoms with Crippen molar-refractivity contribution < 1.29 is 12.8 Å². The van der Waals surface area contributed by atoms with Crippen LogP contribution in [0.3, 0.4) is 0 Å². The molecule has 5 rings (SSSR count). The molecule has 0 amide bonds. The summed E-state index contributed by atoms with van der Waals surface area (Å²) < 4.78 is 35.7. The molecule has 1 saturated heterocycles. The zero-order chi connectivity index (χ0) is 24.6. The van der Waals surface area contributed by atoms with E-state index in [0.29, 0.717) is 22.2 Å². The molecule has 3 aromatic heterocycles. The van der Waals surface area contributed by atoms with E-state index in [9.17, 15) is 13.2 Å². The van der Waals surface area contributed by atoms with Crippen molar-refractivity contribution in [2.45, 2.75) is 0 Å². The highest BCUT2D eigenvalue weighted by atomic mass is 32.2. The first kappa shape index (κ1) is 23.4. The van der Waals surface area contributed by atoms with E-state index >= 15 is 0 Å². The molecule has 0 saturated carbocycles. The molecule has 12 heteroatoms. The van der Waals surface area contributed by atoms with Crippen LogP contribution in [0.25, 0.3) is 27.8 Å². The fourth-order valence-electron chi connectivity index (χ4n) is 4.17. The normalized spacial score (nSPS) is 15.7. The van der Waals surface area contributed by atoms with E-state index in [4.69, 9.17) is 9.40 Å². The quantitative estimate of drug-likeness (QED) is 0.400. The van der Waals surface area contributed by atoms with Gasteiger partial charge in [0.05, 0.1) is 12.4 Å². The predicted octanol–water partition coefficient (Wildman–Crippen LogP) is 1.04. The molecule has 0 radical (unpaired) electrons. The summed E-state index contributed by atoms with van der Waals surface area (Å²) in [5.41, 5.74) is 1.11. The molecular formula is C23H27N7O4S. The second-order valence-corrected chi connectivity index (χ2v) is 10.5. The van der Waals surface area contributed by atoms with Gasteiger partial charge >= 0.3 is 5.56 Å². The van der Waals surface area contributed by atoms with E-state index in [1.165, 1.54) is 9.47 Å². The molecule has 184 valence electrons. The van der Waals surface area contributed by atoms with Crippen molar-refractivity contribution in [1.29, 1.82) is 0 Å². The van der Waals surface area contributed by atoms with Crippen LogP contribution < -0.4 is 15.2 Å². The Hall–Kier alpha value is -3.32. The zero-order valence-corrected chi connectivity index (χ0v) is 20.4. The van der Waals surface area contributed by atoms with Gasteiger partial charge in [0.2, 0.25) is 21.6 Å². The van der Waals surface area contributed by atoms with Crippen LogP contribution in [-0.4, -0.2) is 85.6 Å². The molecule has 4 aromatic rings. The number of anilines is 1. The second-order valence-electron chi connectivity index (χ2n) is 8.70. The smallest absolute Gasteiger partial charge is 0.303 e. The summed E-state index contributed by atoms with van der Waals surface area (Å²) in [5.74, 6) is -0.190. The fraction of sp³-hybridized carbons (Fsp3) is 0.348. The predicted molar refractivity (Wildman–Crippen MR) is 134 cm³/mol.